The molecular formula is C14H18O4. The molecule has 0 atom stereocenters. The fourth-order valence-electron chi connectivity index (χ4n) is 1.66. The highest BCUT2D eigenvalue weighted by Crippen LogP contribution is 2.30. The second-order valence-electron chi connectivity index (χ2n) is 4.49. The first-order chi connectivity index (χ1) is 8.66. The van der Waals surface area contributed by atoms with Gasteiger partial charge in [0.15, 0.2) is 17.3 Å². The monoisotopic (exact) mass is 250 g/mol. The first-order valence-corrected chi connectivity index (χ1v) is 6.21. The number of hydrogen-bond donors (Lipinski definition) is 0. The van der Waals surface area contributed by atoms with E-state index in [-0.39, 0.29) is 18.5 Å². The molecule has 0 bridgehead atoms. The van der Waals surface area contributed by atoms with Crippen molar-refractivity contribution in [3.05, 3.63) is 23.8 Å². The zero-order chi connectivity index (χ0) is 13.0. The highest BCUT2D eigenvalue weighted by Gasteiger charge is 2.14. The van der Waals surface area contributed by atoms with Gasteiger partial charge < -0.3 is 14.2 Å². The van der Waals surface area contributed by atoms with Gasteiger partial charge in [0.25, 0.3) is 0 Å². The van der Waals surface area contributed by atoms with Gasteiger partial charge in [0.1, 0.15) is 6.61 Å². The van der Waals surface area contributed by atoms with Crippen molar-refractivity contribution in [3.63, 3.8) is 0 Å². The Morgan fingerprint density at radius 1 is 1.28 bits per heavy atom. The van der Waals surface area contributed by atoms with Crippen molar-refractivity contribution in [1.82, 2.24) is 0 Å². The molecule has 98 valence electrons. The van der Waals surface area contributed by atoms with Crippen LogP contribution in [0.2, 0.25) is 0 Å². The average molecular weight is 250 g/mol. The van der Waals surface area contributed by atoms with Gasteiger partial charge in [-0.2, -0.15) is 0 Å². The molecule has 0 aliphatic carbocycles. The number of carbonyl (C=O) groups excluding carboxylic acids is 1. The molecule has 18 heavy (non-hydrogen) atoms. The average Bonchev–Trinajstić information content (AvgIpc) is 2.60. The predicted octanol–water partition coefficient (Wildman–Crippen LogP) is 2.46. The van der Waals surface area contributed by atoms with Crippen molar-refractivity contribution < 1.29 is 19.0 Å². The molecule has 1 aromatic carbocycles. The largest absolute Gasteiger partial charge is 0.490 e. The summed E-state index contributed by atoms with van der Waals surface area (Å²) in [6.45, 7) is 5.17. The third-order valence-electron chi connectivity index (χ3n) is 2.62. The second-order valence-corrected chi connectivity index (χ2v) is 4.49. The Morgan fingerprint density at radius 2 is 2.00 bits per heavy atom. The molecule has 4 heteroatoms. The Balaban J connectivity index is 2.10. The molecule has 0 saturated heterocycles. The van der Waals surface area contributed by atoms with Crippen LogP contribution in [0, 0.1) is 0 Å². The van der Waals surface area contributed by atoms with Crippen LogP contribution >= 0.6 is 0 Å². The zero-order valence-electron chi connectivity index (χ0n) is 10.8. The number of rotatable bonds is 4. The fraction of sp³-hybridized carbons (Fsp3) is 0.500. The summed E-state index contributed by atoms with van der Waals surface area (Å²) < 4.78 is 16.4. The maximum atomic E-state index is 11.9. The van der Waals surface area contributed by atoms with Crippen LogP contribution in [-0.2, 0) is 4.74 Å². The van der Waals surface area contributed by atoms with Gasteiger partial charge in [0.2, 0.25) is 0 Å². The van der Waals surface area contributed by atoms with E-state index in [1.165, 1.54) is 0 Å². The summed E-state index contributed by atoms with van der Waals surface area (Å²) in [5, 5.41) is 0. The minimum atomic E-state index is -0.0423. The van der Waals surface area contributed by atoms with Crippen molar-refractivity contribution in [3.8, 4) is 11.5 Å². The summed E-state index contributed by atoms with van der Waals surface area (Å²) in [5.74, 6) is 1.30. The summed E-state index contributed by atoms with van der Waals surface area (Å²) in [7, 11) is 0. The van der Waals surface area contributed by atoms with E-state index in [0.29, 0.717) is 30.3 Å². The zero-order valence-corrected chi connectivity index (χ0v) is 10.8. The van der Waals surface area contributed by atoms with Crippen LogP contribution in [0.5, 0.6) is 11.5 Å². The molecule has 4 nitrogen and oxygen atoms in total. The Labute approximate surface area is 107 Å². The Hall–Kier alpha value is -1.55. The lowest BCUT2D eigenvalue weighted by molar-refractivity contribution is 0.0584. The molecule has 0 amide bonds. The van der Waals surface area contributed by atoms with E-state index >= 15 is 0 Å². The Kier molecular flexibility index (Phi) is 4.20. The van der Waals surface area contributed by atoms with Crippen molar-refractivity contribution >= 4 is 5.78 Å². The number of ketones is 1. The quantitative estimate of drug-likeness (QED) is 0.770. The lowest BCUT2D eigenvalue weighted by Crippen LogP contribution is -2.13. The fourth-order valence-corrected chi connectivity index (χ4v) is 1.66. The Morgan fingerprint density at radius 3 is 2.72 bits per heavy atom. The molecule has 0 saturated carbocycles. The highest BCUT2D eigenvalue weighted by atomic mass is 16.5. The molecule has 2 rings (SSSR count). The number of Topliss-reactive ketones (excluding diaryl/α,β-unsaturated/α-hetero) is 1. The normalized spacial score (nSPS) is 14.4. The number of ether oxygens (including phenoxy) is 3. The third kappa shape index (κ3) is 3.23. The summed E-state index contributed by atoms with van der Waals surface area (Å²) in [6, 6.07) is 5.26. The van der Waals surface area contributed by atoms with Crippen molar-refractivity contribution in [2.45, 2.75) is 26.4 Å². The molecule has 0 N–H and O–H groups in total. The van der Waals surface area contributed by atoms with Crippen molar-refractivity contribution in [2.75, 3.05) is 19.8 Å². The van der Waals surface area contributed by atoms with E-state index < -0.39 is 0 Å². The lowest BCUT2D eigenvalue weighted by Gasteiger charge is -2.10. The first kappa shape index (κ1) is 12.9. The predicted molar refractivity (Wildman–Crippen MR) is 67.5 cm³/mol. The summed E-state index contributed by atoms with van der Waals surface area (Å²) >= 11 is 0. The van der Waals surface area contributed by atoms with Gasteiger partial charge in [-0.1, -0.05) is 0 Å². The molecule has 0 unspecified atom stereocenters. The molecular weight excluding hydrogens is 232 g/mol. The van der Waals surface area contributed by atoms with E-state index in [9.17, 15) is 4.79 Å². The van der Waals surface area contributed by atoms with E-state index in [1.807, 2.05) is 13.8 Å². The SMILES string of the molecule is CC(C)OCC(=O)c1ccc2c(c1)OCCCO2. The summed E-state index contributed by atoms with van der Waals surface area (Å²) in [6.07, 6.45) is 0.906. The molecule has 0 fully saturated rings. The minimum absolute atomic E-state index is 0.0423. The van der Waals surface area contributed by atoms with Gasteiger partial charge in [-0.15, -0.1) is 0 Å². The van der Waals surface area contributed by atoms with Crippen LogP contribution in [0.15, 0.2) is 18.2 Å². The van der Waals surface area contributed by atoms with E-state index in [0.717, 1.165) is 6.42 Å². The number of hydrogen-bond acceptors (Lipinski definition) is 4. The van der Waals surface area contributed by atoms with Gasteiger partial charge in [-0.3, -0.25) is 4.79 Å². The summed E-state index contributed by atoms with van der Waals surface area (Å²) in [5.41, 5.74) is 0.597. The van der Waals surface area contributed by atoms with Gasteiger partial charge in [0, 0.05) is 12.0 Å². The smallest absolute Gasteiger partial charge is 0.188 e. The van der Waals surface area contributed by atoms with Crippen LogP contribution < -0.4 is 9.47 Å². The minimum Gasteiger partial charge on any atom is -0.490 e. The second kappa shape index (κ2) is 5.87. The maximum Gasteiger partial charge on any atom is 0.188 e. The third-order valence-corrected chi connectivity index (χ3v) is 2.62. The van der Waals surface area contributed by atoms with Crippen LogP contribution in [0.25, 0.3) is 0 Å². The Bertz CT molecular complexity index is 426. The number of carbonyl (C=O) groups is 1. The van der Waals surface area contributed by atoms with Gasteiger partial charge in [0.05, 0.1) is 19.3 Å². The first-order valence-electron chi connectivity index (χ1n) is 6.21. The molecule has 1 aliphatic rings. The maximum absolute atomic E-state index is 11.9. The molecule has 0 spiro atoms. The number of fused-ring (bicyclic) bond motifs is 1. The topological polar surface area (TPSA) is 44.8 Å². The molecule has 0 radical (unpaired) electrons. The van der Waals surface area contributed by atoms with Crippen LogP contribution in [0.4, 0.5) is 0 Å². The van der Waals surface area contributed by atoms with Gasteiger partial charge in [-0.25, -0.2) is 0 Å². The molecule has 1 aromatic rings. The molecule has 0 aromatic heterocycles. The molecule has 1 aliphatic heterocycles. The number of benzene rings is 1. The van der Waals surface area contributed by atoms with Crippen LogP contribution in [0.3, 0.4) is 0 Å². The van der Waals surface area contributed by atoms with E-state index in [1.54, 1.807) is 18.2 Å². The molecule has 1 heterocycles. The standard InChI is InChI=1S/C14H18O4/c1-10(2)18-9-12(15)11-4-5-13-14(8-11)17-7-3-6-16-13/h4-5,8,10H,3,6-7,9H2,1-2H3. The lowest BCUT2D eigenvalue weighted by atomic mass is 10.1. The van der Waals surface area contributed by atoms with E-state index in [2.05, 4.69) is 0 Å². The van der Waals surface area contributed by atoms with Gasteiger partial charge >= 0.3 is 0 Å². The van der Waals surface area contributed by atoms with Crippen molar-refractivity contribution in [2.24, 2.45) is 0 Å². The van der Waals surface area contributed by atoms with Crippen LogP contribution in [-0.4, -0.2) is 31.7 Å². The van der Waals surface area contributed by atoms with Crippen LogP contribution in [0.1, 0.15) is 30.6 Å². The van der Waals surface area contributed by atoms with E-state index in [4.69, 9.17) is 14.2 Å². The highest BCUT2D eigenvalue weighted by molar-refractivity contribution is 5.97. The summed E-state index contributed by atoms with van der Waals surface area (Å²) in [4.78, 5) is 11.9. The van der Waals surface area contributed by atoms with Crippen molar-refractivity contribution in [1.29, 1.82) is 0 Å². The van der Waals surface area contributed by atoms with Gasteiger partial charge in [-0.05, 0) is 32.0 Å².